The van der Waals surface area contributed by atoms with Crippen LogP contribution < -0.4 is 11.5 Å². The van der Waals surface area contributed by atoms with Crippen molar-refractivity contribution in [1.82, 2.24) is 0 Å². The van der Waals surface area contributed by atoms with Gasteiger partial charge < -0.3 is 11.5 Å². The van der Waals surface area contributed by atoms with Crippen molar-refractivity contribution >= 4 is 11.4 Å². The zero-order valence-electron chi connectivity index (χ0n) is 7.88. The summed E-state index contributed by atoms with van der Waals surface area (Å²) >= 11 is 0. The molecule has 2 heteroatoms. The Morgan fingerprint density at radius 2 is 1.14 bits per heavy atom. The summed E-state index contributed by atoms with van der Waals surface area (Å²) in [5, 5.41) is 0. The van der Waals surface area contributed by atoms with Crippen LogP contribution in [0, 0.1) is 0 Å². The van der Waals surface area contributed by atoms with Gasteiger partial charge in [0.2, 0.25) is 0 Å². The van der Waals surface area contributed by atoms with E-state index in [9.17, 15) is 0 Å². The normalized spacial score (nSPS) is 7.29. The van der Waals surface area contributed by atoms with E-state index in [4.69, 9.17) is 11.5 Å². The summed E-state index contributed by atoms with van der Waals surface area (Å²) in [6.07, 6.45) is 2.64. The lowest BCUT2D eigenvalue weighted by Gasteiger charge is -1.94. The topological polar surface area (TPSA) is 52.0 Å². The summed E-state index contributed by atoms with van der Waals surface area (Å²) < 4.78 is 0. The fourth-order valence-corrected chi connectivity index (χ4v) is 0.511. The summed E-state index contributed by atoms with van der Waals surface area (Å²) in [5.41, 5.74) is 12.1. The molecular weight excluding hydrogens is 172 g/mol. The second-order valence-corrected chi connectivity index (χ2v) is 2.63. The Labute approximate surface area is 89.3 Å². The number of nitrogen functional groups attached to an aromatic ring is 2. The van der Waals surface area contributed by atoms with Crippen LogP contribution in [-0.2, 0) is 0 Å². The number of rotatable bonds is 1. The molecule has 0 saturated carbocycles. The molecule has 0 bridgehead atoms. The maximum Gasteiger partial charge on any atom is 0.0547 e. The van der Waals surface area contributed by atoms with Crippen molar-refractivity contribution in [2.24, 2.45) is 0 Å². The fraction of sp³-hybridized carbons (Fsp3) is 0.500. The van der Waals surface area contributed by atoms with Crippen LogP contribution in [0.5, 0.6) is 0 Å². The number of anilines is 2. The molecule has 0 saturated heterocycles. The van der Waals surface area contributed by atoms with Gasteiger partial charge in [0.25, 0.3) is 0 Å². The van der Waals surface area contributed by atoms with E-state index in [-0.39, 0.29) is 14.9 Å². The van der Waals surface area contributed by atoms with Crippen LogP contribution in [0.2, 0.25) is 0 Å². The van der Waals surface area contributed by atoms with Crippen molar-refractivity contribution in [3.8, 4) is 0 Å². The Kier molecular flexibility index (Phi) is 15.7. The molecule has 0 aromatic heterocycles. The Balaban J connectivity index is -0.000000180. The molecule has 84 valence electrons. The third kappa shape index (κ3) is 8.91. The van der Waals surface area contributed by atoms with Gasteiger partial charge in [-0.1, -0.05) is 53.7 Å². The van der Waals surface area contributed by atoms with Gasteiger partial charge in [-0.15, -0.1) is 0 Å². The van der Waals surface area contributed by atoms with Crippen molar-refractivity contribution in [2.75, 3.05) is 11.5 Å². The molecule has 2 nitrogen and oxygen atoms in total. The summed E-state index contributed by atoms with van der Waals surface area (Å²) in [5.74, 6) is 0. The molecule has 0 unspecified atom stereocenters. The first-order valence-corrected chi connectivity index (χ1v) is 4.32. The molecule has 0 atom stereocenters. The minimum absolute atomic E-state index is 0. The molecule has 1 rings (SSSR count). The Hall–Kier alpha value is -1.18. The summed E-state index contributed by atoms with van der Waals surface area (Å²) in [6.45, 7) is 4.36. The summed E-state index contributed by atoms with van der Waals surface area (Å²) in [6, 6.07) is 7.25. The third-order valence-electron chi connectivity index (χ3n) is 1.50. The molecule has 1 aromatic carbocycles. The Bertz CT molecular complexity index is 186. The number of unbranched alkanes of at least 4 members (excludes halogenated alkanes) is 1. The minimum atomic E-state index is 0. The highest BCUT2D eigenvalue weighted by atomic mass is 14.7. The van der Waals surface area contributed by atoms with E-state index in [1.807, 2.05) is 12.1 Å². The van der Waals surface area contributed by atoms with Gasteiger partial charge in [0.15, 0.2) is 0 Å². The average Bonchev–Trinajstić information content (AvgIpc) is 2.11. The van der Waals surface area contributed by atoms with Crippen LogP contribution in [0.25, 0.3) is 0 Å². The third-order valence-corrected chi connectivity index (χ3v) is 1.50. The van der Waals surface area contributed by atoms with Gasteiger partial charge in [0, 0.05) is 0 Å². The van der Waals surface area contributed by atoms with E-state index >= 15 is 0 Å². The maximum absolute atomic E-state index is 5.39. The molecule has 0 fully saturated rings. The van der Waals surface area contributed by atoms with Crippen molar-refractivity contribution in [1.29, 1.82) is 0 Å². The van der Waals surface area contributed by atoms with Gasteiger partial charge in [-0.3, -0.25) is 0 Å². The maximum atomic E-state index is 5.39. The molecule has 0 aliphatic carbocycles. The molecular formula is C12H26N2. The lowest BCUT2D eigenvalue weighted by atomic mass is 10.3. The molecule has 0 aliphatic rings. The number of hydrogen-bond acceptors (Lipinski definition) is 2. The zero-order valence-corrected chi connectivity index (χ0v) is 7.88. The second-order valence-electron chi connectivity index (χ2n) is 2.63. The first kappa shape index (κ1) is 18.6. The van der Waals surface area contributed by atoms with Gasteiger partial charge >= 0.3 is 0 Å². The van der Waals surface area contributed by atoms with Crippen molar-refractivity contribution in [2.45, 2.75) is 41.5 Å². The van der Waals surface area contributed by atoms with Gasteiger partial charge in [0.1, 0.15) is 0 Å². The van der Waals surface area contributed by atoms with Crippen LogP contribution in [0.3, 0.4) is 0 Å². The lowest BCUT2D eigenvalue weighted by molar-refractivity contribution is 0.886. The highest BCUT2D eigenvalue weighted by Gasteiger charge is 1.85. The molecule has 0 radical (unpaired) electrons. The van der Waals surface area contributed by atoms with Gasteiger partial charge in [-0.2, -0.15) is 0 Å². The van der Waals surface area contributed by atoms with Crippen molar-refractivity contribution in [3.63, 3.8) is 0 Å². The minimum Gasteiger partial charge on any atom is -0.397 e. The number of hydrogen-bond donors (Lipinski definition) is 2. The highest BCUT2D eigenvalue weighted by molar-refractivity contribution is 5.62. The SMILES string of the molecule is C.C.CCCC.Nc1ccccc1N. The number of benzene rings is 1. The van der Waals surface area contributed by atoms with Crippen LogP contribution in [0.1, 0.15) is 41.5 Å². The molecule has 14 heavy (non-hydrogen) atoms. The predicted octanol–water partition coefficient (Wildman–Crippen LogP) is 3.93. The van der Waals surface area contributed by atoms with E-state index in [0.717, 1.165) is 0 Å². The molecule has 0 amide bonds. The van der Waals surface area contributed by atoms with Crippen molar-refractivity contribution in [3.05, 3.63) is 24.3 Å². The Morgan fingerprint density at radius 1 is 0.857 bits per heavy atom. The monoisotopic (exact) mass is 198 g/mol. The van der Waals surface area contributed by atoms with Crippen LogP contribution in [0.4, 0.5) is 11.4 Å². The van der Waals surface area contributed by atoms with Crippen LogP contribution in [0.15, 0.2) is 24.3 Å². The average molecular weight is 198 g/mol. The van der Waals surface area contributed by atoms with Gasteiger partial charge in [-0.25, -0.2) is 0 Å². The standard InChI is InChI=1S/C6H8N2.C4H10.2CH4/c7-5-3-1-2-4-6(5)8;1-3-4-2;;/h1-4H,7-8H2;3-4H2,1-2H3;2*1H4. The smallest absolute Gasteiger partial charge is 0.0547 e. The van der Waals surface area contributed by atoms with Crippen LogP contribution in [-0.4, -0.2) is 0 Å². The molecule has 0 aliphatic heterocycles. The zero-order chi connectivity index (χ0) is 9.40. The largest absolute Gasteiger partial charge is 0.397 e. The van der Waals surface area contributed by atoms with E-state index in [0.29, 0.717) is 11.4 Å². The number of para-hydroxylation sites is 2. The fourth-order valence-electron chi connectivity index (χ4n) is 0.511. The van der Waals surface area contributed by atoms with Gasteiger partial charge in [0.05, 0.1) is 11.4 Å². The highest BCUT2D eigenvalue weighted by Crippen LogP contribution is 2.10. The van der Waals surface area contributed by atoms with E-state index < -0.39 is 0 Å². The van der Waals surface area contributed by atoms with Gasteiger partial charge in [-0.05, 0) is 12.1 Å². The predicted molar refractivity (Wildman–Crippen MR) is 69.3 cm³/mol. The van der Waals surface area contributed by atoms with E-state index in [1.165, 1.54) is 12.8 Å². The lowest BCUT2D eigenvalue weighted by Crippen LogP contribution is -1.91. The molecule has 0 heterocycles. The first-order valence-electron chi connectivity index (χ1n) is 4.32. The van der Waals surface area contributed by atoms with E-state index in [2.05, 4.69) is 13.8 Å². The second kappa shape index (κ2) is 11.8. The Morgan fingerprint density at radius 3 is 1.29 bits per heavy atom. The molecule has 1 aromatic rings. The van der Waals surface area contributed by atoms with E-state index in [1.54, 1.807) is 12.1 Å². The number of nitrogens with two attached hydrogens (primary N) is 2. The summed E-state index contributed by atoms with van der Waals surface area (Å²) in [4.78, 5) is 0. The molecule has 0 spiro atoms. The quantitative estimate of drug-likeness (QED) is 0.672. The summed E-state index contributed by atoms with van der Waals surface area (Å²) in [7, 11) is 0. The first-order chi connectivity index (χ1) is 5.72. The molecule has 4 N–H and O–H groups in total. The van der Waals surface area contributed by atoms with Crippen LogP contribution >= 0.6 is 0 Å². The van der Waals surface area contributed by atoms with Crippen molar-refractivity contribution < 1.29 is 0 Å².